The average molecular weight is 344 g/mol. The lowest BCUT2D eigenvalue weighted by molar-refractivity contribution is -0.114. The van der Waals surface area contributed by atoms with E-state index in [-0.39, 0.29) is 5.91 Å². The van der Waals surface area contributed by atoms with Gasteiger partial charge in [-0.3, -0.25) is 4.79 Å². The number of carbonyl (C=O) groups is 1. The number of nitrogens with two attached hydrogens (primary N) is 1. The van der Waals surface area contributed by atoms with Gasteiger partial charge >= 0.3 is 0 Å². The van der Waals surface area contributed by atoms with E-state index in [0.717, 1.165) is 29.2 Å². The number of benzene rings is 1. The number of thiophene rings is 1. The molecule has 0 atom stereocenters. The molecule has 5 heteroatoms. The zero-order chi connectivity index (χ0) is 17.4. The molecule has 0 fully saturated rings. The van der Waals surface area contributed by atoms with Gasteiger partial charge in [0.25, 0.3) is 0 Å². The van der Waals surface area contributed by atoms with Gasteiger partial charge in [0.2, 0.25) is 5.91 Å². The second-order valence-corrected chi connectivity index (χ2v) is 7.49. The molecule has 1 aliphatic rings. The standard InChI is InChI=1S/C19H24N2O2S/c1-10(2)12-5-7-14-13(17(12)23-4)6-8-15-16(9-20)19(21-11(3)22)24-18(14)15/h5,7,10H,6,8-9,20H2,1-4H3,(H,21,22). The van der Waals surface area contributed by atoms with Crippen molar-refractivity contribution >= 4 is 22.2 Å². The summed E-state index contributed by atoms with van der Waals surface area (Å²) in [6.45, 7) is 6.35. The maximum absolute atomic E-state index is 11.5. The van der Waals surface area contributed by atoms with E-state index < -0.39 is 0 Å². The second-order valence-electron chi connectivity index (χ2n) is 6.47. The summed E-state index contributed by atoms with van der Waals surface area (Å²) in [5, 5.41) is 3.82. The van der Waals surface area contributed by atoms with Gasteiger partial charge < -0.3 is 15.8 Å². The van der Waals surface area contributed by atoms with Gasteiger partial charge in [-0.05, 0) is 35.4 Å². The van der Waals surface area contributed by atoms with Crippen molar-refractivity contribution in [3.05, 3.63) is 34.4 Å². The fraction of sp³-hybridized carbons (Fsp3) is 0.421. The van der Waals surface area contributed by atoms with Crippen LogP contribution in [0.1, 0.15) is 48.9 Å². The molecule has 0 radical (unpaired) electrons. The predicted octanol–water partition coefficient (Wildman–Crippen LogP) is 4.06. The molecule has 0 saturated carbocycles. The number of methoxy groups -OCH3 is 1. The van der Waals surface area contributed by atoms with Gasteiger partial charge in [-0.1, -0.05) is 26.0 Å². The summed E-state index contributed by atoms with van der Waals surface area (Å²) >= 11 is 1.62. The normalized spacial score (nSPS) is 12.8. The Labute approximate surface area is 147 Å². The van der Waals surface area contributed by atoms with E-state index in [1.807, 2.05) is 0 Å². The Kier molecular flexibility index (Phi) is 4.65. The first kappa shape index (κ1) is 17.0. The molecular weight excluding hydrogens is 320 g/mol. The highest BCUT2D eigenvalue weighted by atomic mass is 32.1. The van der Waals surface area contributed by atoms with E-state index in [1.165, 1.54) is 34.1 Å². The summed E-state index contributed by atoms with van der Waals surface area (Å²) in [6, 6.07) is 4.36. The van der Waals surface area contributed by atoms with Crippen LogP contribution >= 0.6 is 11.3 Å². The molecule has 1 amide bonds. The first-order chi connectivity index (χ1) is 11.5. The molecule has 128 valence electrons. The third kappa shape index (κ3) is 2.72. The van der Waals surface area contributed by atoms with Crippen molar-refractivity contribution < 1.29 is 9.53 Å². The Morgan fingerprint density at radius 1 is 1.33 bits per heavy atom. The minimum absolute atomic E-state index is 0.0590. The number of ether oxygens (including phenoxy) is 1. The number of rotatable bonds is 4. The Morgan fingerprint density at radius 2 is 2.04 bits per heavy atom. The average Bonchev–Trinajstić information content (AvgIpc) is 2.89. The topological polar surface area (TPSA) is 64.3 Å². The van der Waals surface area contributed by atoms with E-state index in [0.29, 0.717) is 12.5 Å². The smallest absolute Gasteiger partial charge is 0.221 e. The molecular formula is C19H24N2O2S. The lowest BCUT2D eigenvalue weighted by Gasteiger charge is -2.23. The van der Waals surface area contributed by atoms with E-state index in [4.69, 9.17) is 10.5 Å². The molecule has 0 bridgehead atoms. The highest BCUT2D eigenvalue weighted by Crippen LogP contribution is 2.48. The summed E-state index contributed by atoms with van der Waals surface area (Å²) in [5.74, 6) is 1.37. The predicted molar refractivity (Wildman–Crippen MR) is 100.0 cm³/mol. The van der Waals surface area contributed by atoms with Crippen LogP contribution in [0.5, 0.6) is 5.75 Å². The highest BCUT2D eigenvalue weighted by molar-refractivity contribution is 7.20. The summed E-state index contributed by atoms with van der Waals surface area (Å²) in [4.78, 5) is 12.7. The number of amides is 1. The second kappa shape index (κ2) is 6.57. The molecule has 3 N–H and O–H groups in total. The Balaban J connectivity index is 2.18. The fourth-order valence-electron chi connectivity index (χ4n) is 3.51. The van der Waals surface area contributed by atoms with Crippen molar-refractivity contribution in [2.75, 3.05) is 12.4 Å². The van der Waals surface area contributed by atoms with Crippen molar-refractivity contribution in [2.45, 2.75) is 46.1 Å². The van der Waals surface area contributed by atoms with Gasteiger partial charge in [0.1, 0.15) is 10.8 Å². The van der Waals surface area contributed by atoms with Gasteiger partial charge in [-0.15, -0.1) is 11.3 Å². The van der Waals surface area contributed by atoms with Crippen LogP contribution in [0.4, 0.5) is 5.00 Å². The first-order valence-corrected chi connectivity index (χ1v) is 9.11. The molecule has 3 rings (SSSR count). The van der Waals surface area contributed by atoms with Crippen LogP contribution in [0.15, 0.2) is 12.1 Å². The third-order valence-corrected chi connectivity index (χ3v) is 5.82. The van der Waals surface area contributed by atoms with Crippen LogP contribution < -0.4 is 15.8 Å². The van der Waals surface area contributed by atoms with Gasteiger partial charge in [-0.2, -0.15) is 0 Å². The summed E-state index contributed by atoms with van der Waals surface area (Å²) in [7, 11) is 1.75. The van der Waals surface area contributed by atoms with E-state index in [9.17, 15) is 4.79 Å². The van der Waals surface area contributed by atoms with Crippen molar-refractivity contribution in [2.24, 2.45) is 5.73 Å². The Bertz CT molecular complexity index is 793. The molecule has 2 aromatic rings. The van der Waals surface area contributed by atoms with Gasteiger partial charge in [0, 0.05) is 29.5 Å². The maximum atomic E-state index is 11.5. The maximum Gasteiger partial charge on any atom is 0.221 e. The molecule has 4 nitrogen and oxygen atoms in total. The molecule has 0 aliphatic heterocycles. The SMILES string of the molecule is COc1c(C(C)C)ccc2c1CCc1c-2sc(NC(C)=O)c1CN. The zero-order valence-corrected chi connectivity index (χ0v) is 15.5. The highest BCUT2D eigenvalue weighted by Gasteiger charge is 2.27. The van der Waals surface area contributed by atoms with Crippen molar-refractivity contribution in [3.8, 4) is 16.2 Å². The Hall–Kier alpha value is -1.85. The number of hydrogen-bond donors (Lipinski definition) is 2. The van der Waals surface area contributed by atoms with Crippen LogP contribution in [0.2, 0.25) is 0 Å². The van der Waals surface area contributed by atoms with Crippen molar-refractivity contribution in [3.63, 3.8) is 0 Å². The lowest BCUT2D eigenvalue weighted by Crippen LogP contribution is -2.11. The van der Waals surface area contributed by atoms with Gasteiger partial charge in [0.05, 0.1) is 7.11 Å². The van der Waals surface area contributed by atoms with Crippen molar-refractivity contribution in [1.29, 1.82) is 0 Å². The van der Waals surface area contributed by atoms with Crippen LogP contribution in [-0.4, -0.2) is 13.0 Å². The molecule has 0 saturated heterocycles. The number of carbonyl (C=O) groups excluding carboxylic acids is 1. The molecule has 0 unspecified atom stereocenters. The van der Waals surface area contributed by atoms with Crippen LogP contribution in [0.25, 0.3) is 10.4 Å². The van der Waals surface area contributed by atoms with Crippen LogP contribution in [0.3, 0.4) is 0 Å². The molecule has 0 spiro atoms. The van der Waals surface area contributed by atoms with Gasteiger partial charge in [0.15, 0.2) is 0 Å². The van der Waals surface area contributed by atoms with E-state index in [2.05, 4.69) is 31.3 Å². The number of hydrogen-bond acceptors (Lipinski definition) is 4. The molecule has 1 heterocycles. The number of anilines is 1. The van der Waals surface area contributed by atoms with Crippen LogP contribution in [0, 0.1) is 0 Å². The largest absolute Gasteiger partial charge is 0.496 e. The van der Waals surface area contributed by atoms with E-state index >= 15 is 0 Å². The van der Waals surface area contributed by atoms with E-state index in [1.54, 1.807) is 18.4 Å². The summed E-state index contributed by atoms with van der Waals surface area (Å²) in [5.41, 5.74) is 12.1. The number of fused-ring (bicyclic) bond motifs is 3. The third-order valence-electron chi connectivity index (χ3n) is 4.60. The number of nitrogens with one attached hydrogen (secondary N) is 1. The van der Waals surface area contributed by atoms with Gasteiger partial charge in [-0.25, -0.2) is 0 Å². The summed E-state index contributed by atoms with van der Waals surface area (Å²) < 4.78 is 5.76. The molecule has 1 aromatic heterocycles. The summed E-state index contributed by atoms with van der Waals surface area (Å²) in [6.07, 6.45) is 1.87. The van der Waals surface area contributed by atoms with Crippen LogP contribution in [-0.2, 0) is 24.2 Å². The fourth-order valence-corrected chi connectivity index (χ4v) is 4.89. The first-order valence-electron chi connectivity index (χ1n) is 8.30. The van der Waals surface area contributed by atoms with Crippen molar-refractivity contribution in [1.82, 2.24) is 0 Å². The molecule has 24 heavy (non-hydrogen) atoms. The molecule has 1 aromatic carbocycles. The minimum Gasteiger partial charge on any atom is -0.496 e. The zero-order valence-electron chi connectivity index (χ0n) is 14.7. The minimum atomic E-state index is -0.0590. The lowest BCUT2D eigenvalue weighted by atomic mass is 9.85. The monoisotopic (exact) mass is 344 g/mol. The molecule has 1 aliphatic carbocycles. The Morgan fingerprint density at radius 3 is 2.62 bits per heavy atom. The quantitative estimate of drug-likeness (QED) is 0.879.